The number of aliphatic carboxylic acids is 1. The van der Waals surface area contributed by atoms with Crippen molar-refractivity contribution in [2.75, 3.05) is 11.9 Å². The van der Waals surface area contributed by atoms with Crippen molar-refractivity contribution in [1.29, 1.82) is 0 Å². The summed E-state index contributed by atoms with van der Waals surface area (Å²) in [6.45, 7) is 3.40. The topological polar surface area (TPSA) is 90.2 Å². The monoisotopic (exact) mass is 302 g/mol. The summed E-state index contributed by atoms with van der Waals surface area (Å²) in [6.07, 6.45) is 0. The molecule has 0 fully saturated rings. The Hall–Kier alpha value is -2.63. The van der Waals surface area contributed by atoms with E-state index in [-0.39, 0.29) is 22.7 Å². The normalized spacial score (nSPS) is 13.5. The van der Waals surface area contributed by atoms with Crippen LogP contribution in [0.1, 0.15) is 13.8 Å². The van der Waals surface area contributed by atoms with E-state index in [4.69, 9.17) is 5.11 Å². The Balaban J connectivity index is 2.41. The van der Waals surface area contributed by atoms with Crippen molar-refractivity contribution in [1.82, 2.24) is 0 Å². The fraction of sp³-hybridized carbons (Fsp3) is 0.312. The highest BCUT2D eigenvalue weighted by molar-refractivity contribution is 5.75. The van der Waals surface area contributed by atoms with Gasteiger partial charge in [0.15, 0.2) is 17.1 Å². The van der Waals surface area contributed by atoms with Crippen LogP contribution in [0.25, 0.3) is 0 Å². The van der Waals surface area contributed by atoms with Crippen molar-refractivity contribution in [3.63, 3.8) is 0 Å². The van der Waals surface area contributed by atoms with Gasteiger partial charge in [0.1, 0.15) is 5.69 Å². The quantitative estimate of drug-likeness (QED) is 0.871. The summed E-state index contributed by atoms with van der Waals surface area (Å²) in [6, 6.07) is 8.04. The summed E-state index contributed by atoms with van der Waals surface area (Å²) in [5.41, 5.74) is 0.420. The van der Waals surface area contributed by atoms with Gasteiger partial charge in [0, 0.05) is 12.7 Å². The minimum atomic E-state index is -1.12. The number of nitrogens with zero attached hydrogens (tertiary/aromatic N) is 2. The third-order valence-electron chi connectivity index (χ3n) is 3.51. The number of rotatable bonds is 5. The van der Waals surface area contributed by atoms with Crippen LogP contribution in [-0.4, -0.2) is 29.3 Å². The summed E-state index contributed by atoms with van der Waals surface area (Å²) in [7, 11) is 1.66. The fourth-order valence-electron chi connectivity index (χ4n) is 2.22. The predicted octanol–water partition coefficient (Wildman–Crippen LogP) is 1.41. The average molecular weight is 302 g/mol. The molecule has 6 heteroatoms. The fourth-order valence-corrected chi connectivity index (χ4v) is 2.22. The van der Waals surface area contributed by atoms with Gasteiger partial charge in [-0.2, -0.15) is 0 Å². The Labute approximate surface area is 127 Å². The first kappa shape index (κ1) is 15.8. The molecule has 0 spiro atoms. The number of carbonyl (C=O) groups is 1. The van der Waals surface area contributed by atoms with Gasteiger partial charge in [0.05, 0.1) is 0 Å². The molecule has 2 aromatic carbocycles. The molecule has 0 aliphatic heterocycles. The maximum absolute atomic E-state index is 12.2. The molecule has 0 bridgehead atoms. The Morgan fingerprint density at radius 2 is 1.82 bits per heavy atom. The number of anilines is 2. The summed E-state index contributed by atoms with van der Waals surface area (Å²) in [5.74, 6) is -1.65. The molecular formula is C16H18N2O4. The second-order valence-corrected chi connectivity index (χ2v) is 5.43. The predicted molar refractivity (Wildman–Crippen MR) is 83.1 cm³/mol. The van der Waals surface area contributed by atoms with Crippen molar-refractivity contribution in [2.45, 2.75) is 19.9 Å². The number of hydrogen-bond acceptors (Lipinski definition) is 5. The number of hydrogen-bond donors (Lipinski definition) is 2. The van der Waals surface area contributed by atoms with Crippen molar-refractivity contribution in [3.05, 3.63) is 45.9 Å². The minimum Gasteiger partial charge on any atom is -0.504 e. The smallest absolute Gasteiger partial charge is 0.328 e. The third-order valence-corrected chi connectivity index (χ3v) is 3.51. The van der Waals surface area contributed by atoms with Gasteiger partial charge in [0.2, 0.25) is 5.43 Å². The van der Waals surface area contributed by atoms with Crippen molar-refractivity contribution < 1.29 is 15.0 Å². The molecule has 0 saturated carbocycles. The molecule has 2 aromatic rings. The first-order chi connectivity index (χ1) is 10.3. The van der Waals surface area contributed by atoms with Gasteiger partial charge in [-0.25, -0.2) is 4.79 Å². The molecule has 22 heavy (non-hydrogen) atoms. The highest BCUT2D eigenvalue weighted by Gasteiger charge is 2.26. The van der Waals surface area contributed by atoms with Gasteiger partial charge in [-0.15, -0.1) is 0 Å². The van der Waals surface area contributed by atoms with Crippen LogP contribution in [0.4, 0.5) is 11.4 Å². The van der Waals surface area contributed by atoms with E-state index >= 15 is 0 Å². The van der Waals surface area contributed by atoms with Crippen molar-refractivity contribution in [2.24, 2.45) is 10.9 Å². The zero-order chi connectivity index (χ0) is 16.4. The molecule has 0 radical (unpaired) electrons. The molecule has 6 nitrogen and oxygen atoms in total. The number of aromatic hydroxyl groups is 1. The number of carboxylic acids is 1. The average Bonchev–Trinajstić information content (AvgIpc) is 2.47. The molecule has 0 aliphatic rings. The van der Waals surface area contributed by atoms with Crippen LogP contribution in [0.15, 0.2) is 40.1 Å². The van der Waals surface area contributed by atoms with Gasteiger partial charge in [0.25, 0.3) is 0 Å². The largest absolute Gasteiger partial charge is 0.504 e. The zero-order valence-corrected chi connectivity index (χ0v) is 12.6. The number of benzene rings is 1. The van der Waals surface area contributed by atoms with Crippen LogP contribution >= 0.6 is 0 Å². The van der Waals surface area contributed by atoms with Crippen LogP contribution in [0.5, 0.6) is 5.75 Å². The van der Waals surface area contributed by atoms with Crippen LogP contribution in [0.2, 0.25) is 0 Å². The molecule has 2 rings (SSSR count). The van der Waals surface area contributed by atoms with E-state index in [1.165, 1.54) is 0 Å². The van der Waals surface area contributed by atoms with Gasteiger partial charge in [-0.1, -0.05) is 32.0 Å². The molecule has 0 amide bonds. The summed E-state index contributed by atoms with van der Waals surface area (Å²) in [5, 5.41) is 19.0. The van der Waals surface area contributed by atoms with E-state index < -0.39 is 17.4 Å². The molecule has 1 atom stereocenters. The van der Waals surface area contributed by atoms with Gasteiger partial charge in [-0.05, 0) is 18.1 Å². The second-order valence-electron chi connectivity index (χ2n) is 5.43. The second kappa shape index (κ2) is 6.01. The van der Waals surface area contributed by atoms with E-state index in [1.54, 1.807) is 37.9 Å². The van der Waals surface area contributed by atoms with E-state index in [0.29, 0.717) is 0 Å². The lowest BCUT2D eigenvalue weighted by Gasteiger charge is -2.22. The van der Waals surface area contributed by atoms with E-state index in [9.17, 15) is 14.7 Å². The van der Waals surface area contributed by atoms with E-state index in [2.05, 4.69) is 4.99 Å². The highest BCUT2D eigenvalue weighted by Crippen LogP contribution is 2.27. The lowest BCUT2D eigenvalue weighted by Crippen LogP contribution is -2.40. The summed E-state index contributed by atoms with van der Waals surface area (Å²) >= 11 is 0. The lowest BCUT2D eigenvalue weighted by atomic mass is 10.0. The van der Waals surface area contributed by atoms with Crippen LogP contribution < -0.4 is 15.7 Å². The zero-order valence-electron chi connectivity index (χ0n) is 12.6. The number of carboxylic acid groups (broad SMARTS) is 1. The van der Waals surface area contributed by atoms with Gasteiger partial charge in [-0.3, -0.25) is 9.79 Å². The Morgan fingerprint density at radius 3 is 2.27 bits per heavy atom. The SMILES string of the molecule is CC(C)[C@@H](N=c1c(O)c(N(C)c2ccccc2)c1=O)C(=O)O. The third kappa shape index (κ3) is 2.72. The molecule has 0 aromatic heterocycles. The molecular weight excluding hydrogens is 284 g/mol. The van der Waals surface area contributed by atoms with Gasteiger partial charge >= 0.3 is 5.97 Å². The summed E-state index contributed by atoms with van der Waals surface area (Å²) < 4.78 is 0. The first-order valence-corrected chi connectivity index (χ1v) is 6.92. The highest BCUT2D eigenvalue weighted by atomic mass is 16.4. The minimum absolute atomic E-state index is 0.123. The van der Waals surface area contributed by atoms with Crippen molar-refractivity contribution >= 4 is 17.3 Å². The van der Waals surface area contributed by atoms with Gasteiger partial charge < -0.3 is 15.1 Å². The molecule has 0 aliphatic carbocycles. The van der Waals surface area contributed by atoms with E-state index in [0.717, 1.165) is 5.69 Å². The molecule has 0 saturated heterocycles. The summed E-state index contributed by atoms with van der Waals surface area (Å²) in [4.78, 5) is 28.8. The van der Waals surface area contributed by atoms with E-state index in [1.807, 2.05) is 18.2 Å². The molecule has 116 valence electrons. The molecule has 0 unspecified atom stereocenters. The molecule has 0 heterocycles. The van der Waals surface area contributed by atoms with Crippen LogP contribution in [-0.2, 0) is 4.79 Å². The Bertz CT molecular complexity index is 758. The maximum atomic E-state index is 12.2. The van der Waals surface area contributed by atoms with Crippen LogP contribution in [0.3, 0.4) is 0 Å². The Morgan fingerprint density at radius 1 is 1.23 bits per heavy atom. The maximum Gasteiger partial charge on any atom is 0.328 e. The first-order valence-electron chi connectivity index (χ1n) is 6.92. The Kier molecular flexibility index (Phi) is 4.30. The number of para-hydroxylation sites is 1. The van der Waals surface area contributed by atoms with Crippen molar-refractivity contribution in [3.8, 4) is 5.75 Å². The lowest BCUT2D eigenvalue weighted by molar-refractivity contribution is -0.139. The molecule has 2 N–H and O–H groups in total. The van der Waals surface area contributed by atoms with Crippen LogP contribution in [0, 0.1) is 5.92 Å². The standard InChI is InChI=1S/C16H18N2O4/c1-9(2)11(16(21)22)17-12-14(19)13(15(12)20)18(3)10-7-5-4-6-8-10/h4-9,11,19H,1-3H3,(H,21,22)/t11-/m1/s1.